The van der Waals surface area contributed by atoms with Crippen molar-refractivity contribution in [1.29, 1.82) is 0 Å². The summed E-state index contributed by atoms with van der Waals surface area (Å²) in [5, 5.41) is 6.40. The van der Waals surface area contributed by atoms with E-state index in [1.165, 1.54) is 6.07 Å². The molecule has 2 N–H and O–H groups in total. The lowest BCUT2D eigenvalue weighted by Gasteiger charge is -2.30. The van der Waals surface area contributed by atoms with Crippen LogP contribution in [0.15, 0.2) is 30.5 Å². The topological polar surface area (TPSA) is 57.3 Å². The van der Waals surface area contributed by atoms with Crippen LogP contribution in [0.3, 0.4) is 0 Å². The highest BCUT2D eigenvalue weighted by Crippen LogP contribution is 2.25. The number of carbonyl (C=O) groups excluding carboxylic acids is 1. The van der Waals surface area contributed by atoms with Crippen LogP contribution in [-0.4, -0.2) is 37.1 Å². The van der Waals surface area contributed by atoms with Gasteiger partial charge < -0.3 is 15.5 Å². The van der Waals surface area contributed by atoms with Crippen molar-refractivity contribution in [3.8, 4) is 0 Å². The molecule has 1 aliphatic carbocycles. The average molecular weight is 425 g/mol. The van der Waals surface area contributed by atoms with Crippen molar-refractivity contribution in [2.24, 2.45) is 0 Å². The molecule has 0 bridgehead atoms. The number of benzene rings is 1. The molecular weight excluding hydrogens is 398 g/mol. The molecule has 158 valence electrons. The number of pyridine rings is 1. The molecule has 0 radical (unpaired) electrons. The smallest absolute Gasteiger partial charge is 0.251 e. The second-order valence-electron chi connectivity index (χ2n) is 7.55. The standard InChI is InChI=1S/C21H26F2N4O.ClH/c1-13-12-24-20(11-19(13)27(2)3)25-15-5-7-16(8-6-15)26-21(28)14-4-9-17(22)18(23)10-14;/h4,9-12,15-16H,5-8H2,1-3H3,(H,24,25)(H,26,28);1H/t15-,16+;. The molecule has 29 heavy (non-hydrogen) atoms. The number of hydrogen-bond acceptors (Lipinski definition) is 4. The van der Waals surface area contributed by atoms with Crippen LogP contribution in [0.2, 0.25) is 0 Å². The van der Waals surface area contributed by atoms with Crippen molar-refractivity contribution in [1.82, 2.24) is 10.3 Å². The first kappa shape index (κ1) is 22.9. The van der Waals surface area contributed by atoms with E-state index < -0.39 is 11.6 Å². The highest BCUT2D eigenvalue weighted by molar-refractivity contribution is 5.94. The third-order valence-corrected chi connectivity index (χ3v) is 5.15. The molecule has 5 nitrogen and oxygen atoms in total. The van der Waals surface area contributed by atoms with Crippen LogP contribution in [0.5, 0.6) is 0 Å². The first-order valence-corrected chi connectivity index (χ1v) is 9.50. The molecule has 1 saturated carbocycles. The predicted octanol–water partition coefficient (Wildman–Crippen LogP) is 4.31. The van der Waals surface area contributed by atoms with E-state index in [1.807, 2.05) is 33.3 Å². The zero-order chi connectivity index (χ0) is 20.3. The fourth-order valence-corrected chi connectivity index (χ4v) is 3.57. The van der Waals surface area contributed by atoms with Gasteiger partial charge in [0.05, 0.1) is 0 Å². The number of hydrogen-bond donors (Lipinski definition) is 2. The van der Waals surface area contributed by atoms with Gasteiger partial charge in [-0.2, -0.15) is 0 Å². The summed E-state index contributed by atoms with van der Waals surface area (Å²) < 4.78 is 26.3. The Morgan fingerprint density at radius 1 is 1.07 bits per heavy atom. The SMILES string of the molecule is Cc1cnc(N[C@H]2CC[C@@H](NC(=O)c3ccc(F)c(F)c3)CC2)cc1N(C)C.Cl. The summed E-state index contributed by atoms with van der Waals surface area (Å²) in [5.74, 6) is -1.48. The van der Waals surface area contributed by atoms with E-state index in [-0.39, 0.29) is 29.9 Å². The Bertz CT molecular complexity index is 855. The lowest BCUT2D eigenvalue weighted by atomic mass is 9.91. The summed E-state index contributed by atoms with van der Waals surface area (Å²) in [6, 6.07) is 5.58. The molecule has 8 heteroatoms. The number of carbonyl (C=O) groups is 1. The maximum atomic E-state index is 13.3. The summed E-state index contributed by atoms with van der Waals surface area (Å²) in [6.45, 7) is 2.03. The number of anilines is 2. The summed E-state index contributed by atoms with van der Waals surface area (Å²) in [7, 11) is 4.01. The maximum Gasteiger partial charge on any atom is 0.251 e. The number of halogens is 3. The van der Waals surface area contributed by atoms with Crippen molar-refractivity contribution in [2.75, 3.05) is 24.3 Å². The molecule has 2 aromatic rings. The van der Waals surface area contributed by atoms with Gasteiger partial charge in [-0.15, -0.1) is 12.4 Å². The number of aryl methyl sites for hydroxylation is 1. The van der Waals surface area contributed by atoms with Gasteiger partial charge in [-0.3, -0.25) is 4.79 Å². The summed E-state index contributed by atoms with van der Waals surface area (Å²) >= 11 is 0. The first-order chi connectivity index (χ1) is 13.3. The van der Waals surface area contributed by atoms with Crippen LogP contribution < -0.4 is 15.5 Å². The molecule has 1 aromatic heterocycles. The fourth-order valence-electron chi connectivity index (χ4n) is 3.57. The van der Waals surface area contributed by atoms with E-state index in [1.54, 1.807) is 0 Å². The van der Waals surface area contributed by atoms with Gasteiger partial charge in [0.25, 0.3) is 5.91 Å². The molecule has 3 rings (SSSR count). The second-order valence-corrected chi connectivity index (χ2v) is 7.55. The minimum Gasteiger partial charge on any atom is -0.377 e. The molecule has 0 saturated heterocycles. The van der Waals surface area contributed by atoms with Crippen molar-refractivity contribution in [2.45, 2.75) is 44.7 Å². The van der Waals surface area contributed by atoms with Crippen molar-refractivity contribution in [3.63, 3.8) is 0 Å². The van der Waals surface area contributed by atoms with Crippen molar-refractivity contribution < 1.29 is 13.6 Å². The van der Waals surface area contributed by atoms with Crippen LogP contribution in [0.4, 0.5) is 20.3 Å². The monoisotopic (exact) mass is 424 g/mol. The zero-order valence-corrected chi connectivity index (χ0v) is 17.7. The van der Waals surface area contributed by atoms with Crippen molar-refractivity contribution >= 4 is 29.8 Å². The summed E-state index contributed by atoms with van der Waals surface area (Å²) in [6.07, 6.45) is 5.30. The highest BCUT2D eigenvalue weighted by Gasteiger charge is 2.23. The minimum absolute atomic E-state index is 0. The molecule has 0 unspecified atom stereocenters. The Hall–Kier alpha value is -2.41. The van der Waals surface area contributed by atoms with E-state index in [0.29, 0.717) is 6.04 Å². The van der Waals surface area contributed by atoms with Crippen LogP contribution in [0.1, 0.15) is 41.6 Å². The van der Waals surface area contributed by atoms with Gasteiger partial charge in [0.2, 0.25) is 0 Å². The Kier molecular flexibility index (Phi) is 7.79. The van der Waals surface area contributed by atoms with Crippen LogP contribution in [-0.2, 0) is 0 Å². The van der Waals surface area contributed by atoms with E-state index in [2.05, 4.69) is 20.5 Å². The van der Waals surface area contributed by atoms with Gasteiger partial charge in [-0.05, 0) is 56.4 Å². The summed E-state index contributed by atoms with van der Waals surface area (Å²) in [4.78, 5) is 18.8. The van der Waals surface area contributed by atoms with E-state index in [9.17, 15) is 13.6 Å². The fraction of sp³-hybridized carbons (Fsp3) is 0.429. The lowest BCUT2D eigenvalue weighted by Crippen LogP contribution is -2.40. The molecule has 1 fully saturated rings. The summed E-state index contributed by atoms with van der Waals surface area (Å²) in [5.41, 5.74) is 2.39. The third kappa shape index (κ3) is 5.79. The minimum atomic E-state index is -1.01. The Labute approximate surface area is 176 Å². The molecule has 0 atom stereocenters. The number of amides is 1. The normalized spacial score (nSPS) is 18.5. The number of aromatic nitrogens is 1. The Morgan fingerprint density at radius 3 is 2.34 bits per heavy atom. The molecule has 1 amide bonds. The quantitative estimate of drug-likeness (QED) is 0.751. The van der Waals surface area contributed by atoms with E-state index >= 15 is 0 Å². The molecule has 0 spiro atoms. The maximum absolute atomic E-state index is 13.3. The highest BCUT2D eigenvalue weighted by atomic mass is 35.5. The van der Waals surface area contributed by atoms with Gasteiger partial charge in [-0.1, -0.05) is 0 Å². The van der Waals surface area contributed by atoms with Gasteiger partial charge in [0.15, 0.2) is 11.6 Å². The second kappa shape index (κ2) is 9.87. The van der Waals surface area contributed by atoms with Gasteiger partial charge in [0.1, 0.15) is 5.82 Å². The zero-order valence-electron chi connectivity index (χ0n) is 16.8. The Balaban J connectivity index is 0.00000300. The lowest BCUT2D eigenvalue weighted by molar-refractivity contribution is 0.0926. The molecule has 1 heterocycles. The average Bonchev–Trinajstić information content (AvgIpc) is 2.66. The van der Waals surface area contributed by atoms with E-state index in [4.69, 9.17) is 0 Å². The van der Waals surface area contributed by atoms with Crippen LogP contribution in [0, 0.1) is 18.6 Å². The van der Waals surface area contributed by atoms with E-state index in [0.717, 1.165) is 54.9 Å². The molecular formula is C21H27ClF2N4O. The van der Waals surface area contributed by atoms with Crippen LogP contribution >= 0.6 is 12.4 Å². The largest absolute Gasteiger partial charge is 0.377 e. The van der Waals surface area contributed by atoms with Crippen molar-refractivity contribution in [3.05, 3.63) is 53.2 Å². The Morgan fingerprint density at radius 2 is 1.72 bits per heavy atom. The van der Waals surface area contributed by atoms with Gasteiger partial charge in [0, 0.05) is 49.7 Å². The van der Waals surface area contributed by atoms with Gasteiger partial charge in [-0.25, -0.2) is 13.8 Å². The first-order valence-electron chi connectivity index (χ1n) is 9.50. The third-order valence-electron chi connectivity index (χ3n) is 5.15. The molecule has 1 aliphatic rings. The molecule has 0 aliphatic heterocycles. The number of nitrogens with one attached hydrogen (secondary N) is 2. The molecule has 1 aromatic carbocycles. The van der Waals surface area contributed by atoms with Crippen LogP contribution in [0.25, 0.3) is 0 Å². The van der Waals surface area contributed by atoms with Gasteiger partial charge >= 0.3 is 0 Å². The number of rotatable bonds is 5. The number of nitrogens with zero attached hydrogens (tertiary/aromatic N) is 2. The predicted molar refractivity (Wildman–Crippen MR) is 114 cm³/mol.